The predicted octanol–water partition coefficient (Wildman–Crippen LogP) is 3.20. The standard InChI is InChI=1S/C15H20FN5/c1-15(2)8-4-3-5-13(15)21-14(18-19-20-21)11-9-10(16)6-7-12(11)17/h6-7,9,13H,3-5,8,17H2,1-2H3. The summed E-state index contributed by atoms with van der Waals surface area (Å²) in [6, 6.07) is 4.50. The maximum Gasteiger partial charge on any atom is 0.184 e. The zero-order valence-electron chi connectivity index (χ0n) is 12.4. The van der Waals surface area contributed by atoms with Crippen LogP contribution in [0.5, 0.6) is 0 Å². The first-order valence-electron chi connectivity index (χ1n) is 7.32. The van der Waals surface area contributed by atoms with Crippen molar-refractivity contribution in [3.8, 4) is 11.4 Å². The van der Waals surface area contributed by atoms with E-state index in [1.165, 1.54) is 18.6 Å². The second kappa shape index (κ2) is 5.09. The molecule has 112 valence electrons. The van der Waals surface area contributed by atoms with Gasteiger partial charge in [0.1, 0.15) is 5.82 Å². The van der Waals surface area contributed by atoms with Crippen molar-refractivity contribution in [1.29, 1.82) is 0 Å². The number of anilines is 1. The van der Waals surface area contributed by atoms with E-state index in [1.807, 2.05) is 4.68 Å². The average molecular weight is 289 g/mol. The zero-order valence-corrected chi connectivity index (χ0v) is 12.4. The normalized spacial score (nSPS) is 21.4. The molecule has 2 aromatic rings. The lowest BCUT2D eigenvalue weighted by Gasteiger charge is -2.38. The summed E-state index contributed by atoms with van der Waals surface area (Å²) in [7, 11) is 0. The van der Waals surface area contributed by atoms with Gasteiger partial charge in [-0.2, -0.15) is 0 Å². The minimum Gasteiger partial charge on any atom is -0.398 e. The van der Waals surface area contributed by atoms with Crippen LogP contribution in [-0.4, -0.2) is 20.2 Å². The molecule has 0 aliphatic heterocycles. The van der Waals surface area contributed by atoms with E-state index in [2.05, 4.69) is 29.4 Å². The highest BCUT2D eigenvalue weighted by Crippen LogP contribution is 2.44. The third-order valence-electron chi connectivity index (χ3n) is 4.50. The molecule has 1 unspecified atom stereocenters. The number of aromatic nitrogens is 4. The highest BCUT2D eigenvalue weighted by molar-refractivity contribution is 5.71. The zero-order chi connectivity index (χ0) is 15.0. The molecule has 1 aromatic heterocycles. The lowest BCUT2D eigenvalue weighted by Crippen LogP contribution is -2.31. The van der Waals surface area contributed by atoms with Crippen LogP contribution in [0, 0.1) is 11.2 Å². The average Bonchev–Trinajstić information content (AvgIpc) is 2.90. The summed E-state index contributed by atoms with van der Waals surface area (Å²) in [5, 5.41) is 12.0. The molecule has 0 amide bonds. The summed E-state index contributed by atoms with van der Waals surface area (Å²) in [6.07, 6.45) is 4.55. The molecule has 1 saturated carbocycles. The van der Waals surface area contributed by atoms with Crippen LogP contribution in [0.2, 0.25) is 0 Å². The van der Waals surface area contributed by atoms with Crippen molar-refractivity contribution in [2.75, 3.05) is 5.73 Å². The molecule has 1 heterocycles. The number of rotatable bonds is 2. The van der Waals surface area contributed by atoms with Gasteiger partial charge in [0.2, 0.25) is 0 Å². The van der Waals surface area contributed by atoms with Crippen molar-refractivity contribution < 1.29 is 4.39 Å². The van der Waals surface area contributed by atoms with E-state index in [-0.39, 0.29) is 17.3 Å². The highest BCUT2D eigenvalue weighted by atomic mass is 19.1. The van der Waals surface area contributed by atoms with Crippen LogP contribution in [0.3, 0.4) is 0 Å². The van der Waals surface area contributed by atoms with Crippen molar-refractivity contribution in [3.05, 3.63) is 24.0 Å². The Morgan fingerprint density at radius 2 is 2.14 bits per heavy atom. The van der Waals surface area contributed by atoms with Crippen molar-refractivity contribution in [2.24, 2.45) is 5.41 Å². The van der Waals surface area contributed by atoms with Gasteiger partial charge in [-0.1, -0.05) is 26.7 Å². The summed E-state index contributed by atoms with van der Waals surface area (Å²) in [5.41, 5.74) is 7.13. The minimum absolute atomic E-state index is 0.116. The molecule has 5 nitrogen and oxygen atoms in total. The summed E-state index contributed by atoms with van der Waals surface area (Å²) in [4.78, 5) is 0. The lowest BCUT2D eigenvalue weighted by molar-refractivity contribution is 0.132. The number of nitrogens with two attached hydrogens (primary N) is 1. The number of nitrogen functional groups attached to an aromatic ring is 1. The number of hydrogen-bond donors (Lipinski definition) is 1. The van der Waals surface area contributed by atoms with Crippen LogP contribution >= 0.6 is 0 Å². The number of halogens is 1. The first-order chi connectivity index (χ1) is 9.99. The van der Waals surface area contributed by atoms with Gasteiger partial charge in [-0.25, -0.2) is 9.07 Å². The summed E-state index contributed by atoms with van der Waals surface area (Å²) < 4.78 is 15.4. The van der Waals surface area contributed by atoms with Crippen LogP contribution in [0.4, 0.5) is 10.1 Å². The summed E-state index contributed by atoms with van der Waals surface area (Å²) >= 11 is 0. The van der Waals surface area contributed by atoms with E-state index >= 15 is 0 Å². The van der Waals surface area contributed by atoms with Gasteiger partial charge >= 0.3 is 0 Å². The smallest absolute Gasteiger partial charge is 0.184 e. The molecule has 0 radical (unpaired) electrons. The predicted molar refractivity (Wildman–Crippen MR) is 78.9 cm³/mol. The first-order valence-corrected chi connectivity index (χ1v) is 7.32. The van der Waals surface area contributed by atoms with Crippen LogP contribution in [-0.2, 0) is 0 Å². The Morgan fingerprint density at radius 3 is 2.90 bits per heavy atom. The van der Waals surface area contributed by atoms with E-state index < -0.39 is 0 Å². The number of hydrogen-bond acceptors (Lipinski definition) is 4. The SMILES string of the molecule is CC1(C)CCCCC1n1nnnc1-c1cc(F)ccc1N. The molecular weight excluding hydrogens is 269 g/mol. The molecule has 0 bridgehead atoms. The second-order valence-corrected chi connectivity index (χ2v) is 6.43. The van der Waals surface area contributed by atoms with Gasteiger partial charge in [0.25, 0.3) is 0 Å². The Balaban J connectivity index is 2.07. The van der Waals surface area contributed by atoms with Gasteiger partial charge in [0.15, 0.2) is 5.82 Å². The third kappa shape index (κ3) is 2.50. The molecule has 1 aliphatic carbocycles. The van der Waals surface area contributed by atoms with E-state index in [0.717, 1.165) is 19.3 Å². The number of benzene rings is 1. The van der Waals surface area contributed by atoms with Crippen LogP contribution in [0.15, 0.2) is 18.2 Å². The molecule has 21 heavy (non-hydrogen) atoms. The molecule has 1 aromatic carbocycles. The fraction of sp³-hybridized carbons (Fsp3) is 0.533. The topological polar surface area (TPSA) is 69.6 Å². The van der Waals surface area contributed by atoms with Crippen LogP contribution in [0.25, 0.3) is 11.4 Å². The van der Waals surface area contributed by atoms with Crippen molar-refractivity contribution >= 4 is 5.69 Å². The molecule has 1 aliphatic rings. The Labute approximate surface area is 123 Å². The third-order valence-corrected chi connectivity index (χ3v) is 4.50. The largest absolute Gasteiger partial charge is 0.398 e. The first kappa shape index (κ1) is 14.0. The van der Waals surface area contributed by atoms with E-state index in [4.69, 9.17) is 5.73 Å². The monoisotopic (exact) mass is 289 g/mol. The fourth-order valence-electron chi connectivity index (χ4n) is 3.23. The Hall–Kier alpha value is -1.98. The summed E-state index contributed by atoms with van der Waals surface area (Å²) in [6.45, 7) is 4.47. The molecule has 6 heteroatoms. The summed E-state index contributed by atoms with van der Waals surface area (Å²) in [5.74, 6) is 0.212. The van der Waals surface area contributed by atoms with Gasteiger partial charge in [-0.05, 0) is 46.9 Å². The Bertz CT molecular complexity index is 649. The number of tetrazole rings is 1. The van der Waals surface area contributed by atoms with Crippen molar-refractivity contribution in [2.45, 2.75) is 45.6 Å². The van der Waals surface area contributed by atoms with E-state index in [1.54, 1.807) is 6.07 Å². The molecule has 1 atom stereocenters. The molecular formula is C15H20FN5. The van der Waals surface area contributed by atoms with Gasteiger partial charge in [-0.15, -0.1) is 5.10 Å². The second-order valence-electron chi connectivity index (χ2n) is 6.43. The minimum atomic E-state index is -0.336. The Kier molecular flexibility index (Phi) is 3.39. The fourth-order valence-corrected chi connectivity index (χ4v) is 3.23. The lowest BCUT2D eigenvalue weighted by atomic mass is 9.73. The van der Waals surface area contributed by atoms with Crippen molar-refractivity contribution in [3.63, 3.8) is 0 Å². The molecule has 0 saturated heterocycles. The van der Waals surface area contributed by atoms with Crippen LogP contribution < -0.4 is 5.73 Å². The molecule has 2 N–H and O–H groups in total. The van der Waals surface area contributed by atoms with Crippen LogP contribution in [0.1, 0.15) is 45.6 Å². The van der Waals surface area contributed by atoms with Gasteiger partial charge in [0, 0.05) is 11.3 Å². The maximum absolute atomic E-state index is 13.5. The van der Waals surface area contributed by atoms with Crippen molar-refractivity contribution in [1.82, 2.24) is 20.2 Å². The van der Waals surface area contributed by atoms with Gasteiger partial charge in [-0.3, -0.25) is 0 Å². The molecule has 0 spiro atoms. The number of nitrogens with zero attached hydrogens (tertiary/aromatic N) is 4. The van der Waals surface area contributed by atoms with E-state index in [0.29, 0.717) is 17.1 Å². The quantitative estimate of drug-likeness (QED) is 0.862. The van der Waals surface area contributed by atoms with E-state index in [9.17, 15) is 4.39 Å². The van der Waals surface area contributed by atoms with Gasteiger partial charge in [0.05, 0.1) is 6.04 Å². The maximum atomic E-state index is 13.5. The highest BCUT2D eigenvalue weighted by Gasteiger charge is 2.36. The van der Waals surface area contributed by atoms with Gasteiger partial charge < -0.3 is 5.73 Å². The molecule has 3 rings (SSSR count). The molecule has 1 fully saturated rings. The Morgan fingerprint density at radius 1 is 1.33 bits per heavy atom.